The van der Waals surface area contributed by atoms with E-state index < -0.39 is 0 Å². The first-order valence-corrected chi connectivity index (χ1v) is 6.68. The third-order valence-corrected chi connectivity index (χ3v) is 3.15. The Morgan fingerprint density at radius 3 is 2.61 bits per heavy atom. The lowest BCUT2D eigenvalue weighted by atomic mass is 10.0. The molecule has 0 fully saturated rings. The van der Waals surface area contributed by atoms with Gasteiger partial charge in [0.1, 0.15) is 5.76 Å². The third-order valence-electron chi connectivity index (χ3n) is 2.90. The van der Waals surface area contributed by atoms with E-state index in [0.29, 0.717) is 0 Å². The molecule has 1 atom stereocenters. The van der Waals surface area contributed by atoms with Gasteiger partial charge in [0.15, 0.2) is 0 Å². The van der Waals surface area contributed by atoms with E-state index in [1.54, 1.807) is 6.26 Å². The molecule has 96 valence electrons. The summed E-state index contributed by atoms with van der Waals surface area (Å²) in [6, 6.07) is 12.2. The number of hydrogen-bond donors (Lipinski definition) is 1. The lowest BCUT2D eigenvalue weighted by Gasteiger charge is -2.18. The van der Waals surface area contributed by atoms with Crippen LogP contribution in [0.15, 0.2) is 47.1 Å². The maximum absolute atomic E-state index is 5.92. The largest absolute Gasteiger partial charge is 0.469 e. The summed E-state index contributed by atoms with van der Waals surface area (Å²) in [5.41, 5.74) is 1.24. The smallest absolute Gasteiger partial charge is 0.105 e. The van der Waals surface area contributed by atoms with E-state index in [4.69, 9.17) is 16.0 Å². The zero-order valence-corrected chi connectivity index (χ0v) is 11.3. The first-order valence-electron chi connectivity index (χ1n) is 6.31. The van der Waals surface area contributed by atoms with Crippen LogP contribution in [0, 0.1) is 0 Å². The summed E-state index contributed by atoms with van der Waals surface area (Å²) in [5, 5.41) is 4.31. The molecule has 0 aliphatic carbocycles. The molecule has 1 aromatic carbocycles. The van der Waals surface area contributed by atoms with Crippen LogP contribution in [-0.4, -0.2) is 6.54 Å². The molecule has 2 aromatic rings. The fourth-order valence-corrected chi connectivity index (χ4v) is 2.08. The second-order valence-electron chi connectivity index (χ2n) is 4.34. The molecule has 3 heteroatoms. The topological polar surface area (TPSA) is 25.2 Å². The molecule has 0 amide bonds. The summed E-state index contributed by atoms with van der Waals surface area (Å²) in [5.74, 6) is 0.999. The van der Waals surface area contributed by atoms with Gasteiger partial charge in [-0.3, -0.25) is 0 Å². The van der Waals surface area contributed by atoms with Crippen LogP contribution in [-0.2, 0) is 6.42 Å². The van der Waals surface area contributed by atoms with Gasteiger partial charge in [0, 0.05) is 17.5 Å². The molecule has 0 saturated heterocycles. The van der Waals surface area contributed by atoms with Crippen molar-refractivity contribution in [1.82, 2.24) is 5.32 Å². The minimum absolute atomic E-state index is 0.272. The Bertz CT molecular complexity index is 450. The number of halogens is 1. The molecule has 0 radical (unpaired) electrons. The van der Waals surface area contributed by atoms with E-state index in [1.807, 2.05) is 24.3 Å². The Morgan fingerprint density at radius 1 is 1.22 bits per heavy atom. The minimum Gasteiger partial charge on any atom is -0.469 e. The highest BCUT2D eigenvalue weighted by atomic mass is 35.5. The maximum atomic E-state index is 5.92. The zero-order valence-electron chi connectivity index (χ0n) is 10.5. The predicted molar refractivity (Wildman–Crippen MR) is 74.9 cm³/mol. The molecule has 18 heavy (non-hydrogen) atoms. The normalized spacial score (nSPS) is 12.6. The van der Waals surface area contributed by atoms with Crippen LogP contribution in [0.1, 0.15) is 30.7 Å². The van der Waals surface area contributed by atoms with Crippen molar-refractivity contribution in [3.8, 4) is 0 Å². The van der Waals surface area contributed by atoms with Gasteiger partial charge < -0.3 is 9.73 Å². The Kier molecular flexibility index (Phi) is 4.85. The van der Waals surface area contributed by atoms with Gasteiger partial charge in [-0.05, 0) is 42.8 Å². The Balaban J connectivity index is 2.11. The fraction of sp³-hybridized carbons (Fsp3) is 0.333. The van der Waals surface area contributed by atoms with Crippen LogP contribution < -0.4 is 5.32 Å². The summed E-state index contributed by atoms with van der Waals surface area (Å²) < 4.78 is 5.42. The molecule has 0 spiro atoms. The number of nitrogens with one attached hydrogen (secondary N) is 1. The molecule has 2 nitrogen and oxygen atoms in total. The molecule has 1 N–H and O–H groups in total. The van der Waals surface area contributed by atoms with Crippen LogP contribution >= 0.6 is 11.6 Å². The van der Waals surface area contributed by atoms with Crippen molar-refractivity contribution >= 4 is 11.6 Å². The molecular weight excluding hydrogens is 246 g/mol. The van der Waals surface area contributed by atoms with Crippen molar-refractivity contribution < 1.29 is 4.42 Å². The summed E-state index contributed by atoms with van der Waals surface area (Å²) in [6.07, 6.45) is 3.69. The van der Waals surface area contributed by atoms with Crippen LogP contribution in [0.25, 0.3) is 0 Å². The standard InChI is InChI=1S/C15H18ClNO/c1-2-9-17-15(11-14-4-3-10-18-14)12-5-7-13(16)8-6-12/h3-8,10,15,17H,2,9,11H2,1H3. The highest BCUT2D eigenvalue weighted by Gasteiger charge is 2.12. The molecule has 0 bridgehead atoms. The lowest BCUT2D eigenvalue weighted by Crippen LogP contribution is -2.23. The summed E-state index contributed by atoms with van der Waals surface area (Å²) in [4.78, 5) is 0. The summed E-state index contributed by atoms with van der Waals surface area (Å²) in [7, 11) is 0. The average molecular weight is 264 g/mol. The highest BCUT2D eigenvalue weighted by Crippen LogP contribution is 2.20. The molecule has 0 aliphatic heterocycles. The molecule has 1 aromatic heterocycles. The Labute approximate surface area is 113 Å². The monoisotopic (exact) mass is 263 g/mol. The molecule has 1 unspecified atom stereocenters. The first-order chi connectivity index (χ1) is 8.79. The van der Waals surface area contributed by atoms with Crippen LogP contribution in [0.3, 0.4) is 0 Å². The molecular formula is C15H18ClNO. The Hall–Kier alpha value is -1.25. The molecule has 1 heterocycles. The van der Waals surface area contributed by atoms with Crippen LogP contribution in [0.5, 0.6) is 0 Å². The lowest BCUT2D eigenvalue weighted by molar-refractivity contribution is 0.449. The highest BCUT2D eigenvalue weighted by molar-refractivity contribution is 6.30. The van der Waals surface area contributed by atoms with E-state index in [2.05, 4.69) is 24.4 Å². The van der Waals surface area contributed by atoms with E-state index >= 15 is 0 Å². The van der Waals surface area contributed by atoms with Crippen molar-refractivity contribution in [3.05, 3.63) is 59.0 Å². The van der Waals surface area contributed by atoms with E-state index in [1.165, 1.54) is 5.56 Å². The SMILES string of the molecule is CCCNC(Cc1ccco1)c1ccc(Cl)cc1. The van der Waals surface area contributed by atoms with Crippen LogP contribution in [0.4, 0.5) is 0 Å². The van der Waals surface area contributed by atoms with E-state index in [-0.39, 0.29) is 6.04 Å². The summed E-state index contributed by atoms with van der Waals surface area (Å²) in [6.45, 7) is 3.16. The molecule has 2 rings (SSSR count). The van der Waals surface area contributed by atoms with Gasteiger partial charge in [-0.2, -0.15) is 0 Å². The van der Waals surface area contributed by atoms with Gasteiger partial charge in [0.05, 0.1) is 6.26 Å². The maximum Gasteiger partial charge on any atom is 0.105 e. The molecule has 0 saturated carbocycles. The third kappa shape index (κ3) is 3.62. The van der Waals surface area contributed by atoms with Crippen molar-refractivity contribution in [2.75, 3.05) is 6.54 Å². The van der Waals surface area contributed by atoms with Gasteiger partial charge in [0.25, 0.3) is 0 Å². The minimum atomic E-state index is 0.272. The number of hydrogen-bond acceptors (Lipinski definition) is 2. The average Bonchev–Trinajstić information content (AvgIpc) is 2.88. The van der Waals surface area contributed by atoms with Gasteiger partial charge >= 0.3 is 0 Å². The van der Waals surface area contributed by atoms with Gasteiger partial charge in [-0.25, -0.2) is 0 Å². The van der Waals surface area contributed by atoms with Gasteiger partial charge in [-0.15, -0.1) is 0 Å². The fourth-order valence-electron chi connectivity index (χ4n) is 1.95. The van der Waals surface area contributed by atoms with Crippen molar-refractivity contribution in [2.24, 2.45) is 0 Å². The van der Waals surface area contributed by atoms with Gasteiger partial charge in [-0.1, -0.05) is 30.7 Å². The predicted octanol–water partition coefficient (Wildman–Crippen LogP) is 4.22. The Morgan fingerprint density at radius 2 is 2.00 bits per heavy atom. The van der Waals surface area contributed by atoms with Crippen LogP contribution in [0.2, 0.25) is 5.02 Å². The second-order valence-corrected chi connectivity index (χ2v) is 4.78. The van der Waals surface area contributed by atoms with Crippen molar-refractivity contribution in [2.45, 2.75) is 25.8 Å². The number of furan rings is 1. The zero-order chi connectivity index (χ0) is 12.8. The second kappa shape index (κ2) is 6.62. The quantitative estimate of drug-likeness (QED) is 0.844. The van der Waals surface area contributed by atoms with Gasteiger partial charge in [0.2, 0.25) is 0 Å². The first kappa shape index (κ1) is 13.2. The van der Waals surface area contributed by atoms with Crippen molar-refractivity contribution in [1.29, 1.82) is 0 Å². The molecule has 0 aliphatic rings. The van der Waals surface area contributed by atoms with E-state index in [0.717, 1.165) is 30.2 Å². The summed E-state index contributed by atoms with van der Waals surface area (Å²) >= 11 is 5.92. The van der Waals surface area contributed by atoms with Crippen molar-refractivity contribution in [3.63, 3.8) is 0 Å². The number of benzene rings is 1. The van der Waals surface area contributed by atoms with E-state index in [9.17, 15) is 0 Å². The number of rotatable bonds is 6.